The molecule has 3 nitrogen and oxygen atoms in total. The van der Waals surface area contributed by atoms with Crippen molar-refractivity contribution in [2.24, 2.45) is 5.92 Å². The molecular formula is C13H19NO2. The molecule has 1 aliphatic rings. The van der Waals surface area contributed by atoms with E-state index < -0.39 is 5.97 Å². The van der Waals surface area contributed by atoms with E-state index in [9.17, 15) is 4.79 Å². The molecule has 0 radical (unpaired) electrons. The lowest BCUT2D eigenvalue weighted by atomic mass is 9.86. The maximum atomic E-state index is 11.1. The molecule has 0 saturated heterocycles. The van der Waals surface area contributed by atoms with Gasteiger partial charge in [0.1, 0.15) is 11.6 Å². The van der Waals surface area contributed by atoms with Crippen molar-refractivity contribution in [3.05, 3.63) is 12.2 Å². The van der Waals surface area contributed by atoms with E-state index in [-0.39, 0.29) is 5.57 Å². The maximum absolute atomic E-state index is 11.1. The van der Waals surface area contributed by atoms with Crippen LogP contribution in [0.3, 0.4) is 0 Å². The molecule has 1 rings (SSSR count). The average Bonchev–Trinajstić information content (AvgIpc) is 2.34. The van der Waals surface area contributed by atoms with Gasteiger partial charge in [-0.1, -0.05) is 38.7 Å². The number of carbonyl (C=O) groups excluding carboxylic acids is 1. The van der Waals surface area contributed by atoms with E-state index in [1.165, 1.54) is 32.1 Å². The first-order chi connectivity index (χ1) is 7.74. The van der Waals surface area contributed by atoms with Crippen LogP contribution in [0.2, 0.25) is 0 Å². The molecule has 0 aromatic rings. The number of rotatable bonds is 5. The summed E-state index contributed by atoms with van der Waals surface area (Å²) in [6.45, 7) is 3.72. The Morgan fingerprint density at radius 2 is 2.06 bits per heavy atom. The summed E-state index contributed by atoms with van der Waals surface area (Å²) in [5, 5.41) is 8.42. The Kier molecular flexibility index (Phi) is 5.63. The standard InChI is InChI=1S/C13H19NO2/c1-11(10-14)13(15)16-9-5-8-12-6-3-2-4-7-12/h12H,1-9H2. The van der Waals surface area contributed by atoms with Crippen molar-refractivity contribution in [3.8, 4) is 6.07 Å². The van der Waals surface area contributed by atoms with Crippen LogP contribution < -0.4 is 0 Å². The fourth-order valence-corrected chi connectivity index (χ4v) is 2.15. The SMILES string of the molecule is C=C(C#N)C(=O)OCCCC1CCCCC1. The first kappa shape index (κ1) is 12.8. The number of nitrogens with zero attached hydrogens (tertiary/aromatic N) is 1. The minimum Gasteiger partial charge on any atom is -0.462 e. The van der Waals surface area contributed by atoms with Gasteiger partial charge in [0.05, 0.1) is 6.61 Å². The smallest absolute Gasteiger partial charge is 0.348 e. The minimum absolute atomic E-state index is 0.113. The molecule has 0 aromatic heterocycles. The Balaban J connectivity index is 2.05. The first-order valence-corrected chi connectivity index (χ1v) is 6.00. The number of hydrogen-bond donors (Lipinski definition) is 0. The summed E-state index contributed by atoms with van der Waals surface area (Å²) in [4.78, 5) is 11.1. The zero-order chi connectivity index (χ0) is 11.8. The van der Waals surface area contributed by atoms with Crippen LogP contribution in [0, 0.1) is 17.2 Å². The van der Waals surface area contributed by atoms with Gasteiger partial charge in [0.25, 0.3) is 0 Å². The Morgan fingerprint density at radius 1 is 1.38 bits per heavy atom. The number of carbonyl (C=O) groups is 1. The molecule has 1 saturated carbocycles. The molecule has 88 valence electrons. The Labute approximate surface area is 97.1 Å². The van der Waals surface area contributed by atoms with Crippen molar-refractivity contribution in [1.29, 1.82) is 5.26 Å². The summed E-state index contributed by atoms with van der Waals surface area (Å²) in [7, 11) is 0. The number of hydrogen-bond acceptors (Lipinski definition) is 3. The predicted molar refractivity (Wildman–Crippen MR) is 61.5 cm³/mol. The Hall–Kier alpha value is -1.30. The molecule has 0 aliphatic heterocycles. The second-order valence-electron chi connectivity index (χ2n) is 4.37. The minimum atomic E-state index is -0.578. The van der Waals surface area contributed by atoms with Gasteiger partial charge in [0, 0.05) is 0 Å². The molecule has 0 bridgehead atoms. The van der Waals surface area contributed by atoms with Gasteiger partial charge in [-0.3, -0.25) is 0 Å². The molecule has 0 unspecified atom stereocenters. The van der Waals surface area contributed by atoms with Crippen LogP contribution in [-0.2, 0) is 9.53 Å². The predicted octanol–water partition coefficient (Wildman–Crippen LogP) is 2.97. The van der Waals surface area contributed by atoms with Crippen LogP contribution in [0.25, 0.3) is 0 Å². The van der Waals surface area contributed by atoms with E-state index in [2.05, 4.69) is 6.58 Å². The summed E-state index contributed by atoms with van der Waals surface area (Å²) in [6.07, 6.45) is 8.72. The molecule has 0 aromatic carbocycles. The monoisotopic (exact) mass is 221 g/mol. The van der Waals surface area contributed by atoms with E-state index in [0.717, 1.165) is 18.8 Å². The zero-order valence-electron chi connectivity index (χ0n) is 9.71. The lowest BCUT2D eigenvalue weighted by Crippen LogP contribution is -2.10. The maximum Gasteiger partial charge on any atom is 0.348 e. The largest absolute Gasteiger partial charge is 0.462 e. The zero-order valence-corrected chi connectivity index (χ0v) is 9.71. The molecule has 3 heteroatoms. The van der Waals surface area contributed by atoms with E-state index in [1.54, 1.807) is 6.07 Å². The number of ether oxygens (including phenoxy) is 1. The van der Waals surface area contributed by atoms with Crippen molar-refractivity contribution in [2.75, 3.05) is 6.61 Å². The van der Waals surface area contributed by atoms with Gasteiger partial charge in [-0.25, -0.2) is 4.79 Å². The topological polar surface area (TPSA) is 50.1 Å². The second-order valence-corrected chi connectivity index (χ2v) is 4.37. The lowest BCUT2D eigenvalue weighted by Gasteiger charge is -2.21. The van der Waals surface area contributed by atoms with Crippen LogP contribution in [0.15, 0.2) is 12.2 Å². The van der Waals surface area contributed by atoms with E-state index in [0.29, 0.717) is 6.61 Å². The van der Waals surface area contributed by atoms with Crippen LogP contribution in [-0.4, -0.2) is 12.6 Å². The van der Waals surface area contributed by atoms with Crippen molar-refractivity contribution in [1.82, 2.24) is 0 Å². The highest BCUT2D eigenvalue weighted by molar-refractivity contribution is 5.91. The van der Waals surface area contributed by atoms with Gasteiger partial charge in [-0.2, -0.15) is 5.26 Å². The average molecular weight is 221 g/mol. The van der Waals surface area contributed by atoms with Gasteiger partial charge in [0.15, 0.2) is 0 Å². The molecule has 0 heterocycles. The van der Waals surface area contributed by atoms with E-state index in [4.69, 9.17) is 10.00 Å². The molecule has 1 fully saturated rings. The van der Waals surface area contributed by atoms with Crippen LogP contribution in [0.5, 0.6) is 0 Å². The third-order valence-electron chi connectivity index (χ3n) is 3.10. The third kappa shape index (κ3) is 4.48. The summed E-state index contributed by atoms with van der Waals surface area (Å²) >= 11 is 0. The highest BCUT2D eigenvalue weighted by Crippen LogP contribution is 2.27. The molecule has 0 spiro atoms. The third-order valence-corrected chi connectivity index (χ3v) is 3.10. The van der Waals surface area contributed by atoms with Gasteiger partial charge in [-0.05, 0) is 18.8 Å². The summed E-state index contributed by atoms with van der Waals surface area (Å²) in [5.74, 6) is 0.234. The fraction of sp³-hybridized carbons (Fsp3) is 0.692. The highest BCUT2D eigenvalue weighted by Gasteiger charge is 2.13. The van der Waals surface area contributed by atoms with Gasteiger partial charge in [-0.15, -0.1) is 0 Å². The summed E-state index contributed by atoms with van der Waals surface area (Å²) in [6, 6.07) is 1.69. The molecule has 0 amide bonds. The van der Waals surface area contributed by atoms with Crippen LogP contribution in [0.4, 0.5) is 0 Å². The van der Waals surface area contributed by atoms with Crippen LogP contribution in [0.1, 0.15) is 44.9 Å². The number of esters is 1. The highest BCUT2D eigenvalue weighted by atomic mass is 16.5. The summed E-state index contributed by atoms with van der Waals surface area (Å²) < 4.78 is 4.92. The molecule has 1 aliphatic carbocycles. The quantitative estimate of drug-likeness (QED) is 0.310. The van der Waals surface area contributed by atoms with Crippen molar-refractivity contribution in [3.63, 3.8) is 0 Å². The van der Waals surface area contributed by atoms with Crippen molar-refractivity contribution < 1.29 is 9.53 Å². The van der Waals surface area contributed by atoms with Gasteiger partial charge in [0.2, 0.25) is 0 Å². The first-order valence-electron chi connectivity index (χ1n) is 6.00. The van der Waals surface area contributed by atoms with Crippen molar-refractivity contribution in [2.45, 2.75) is 44.9 Å². The molecular weight excluding hydrogens is 202 g/mol. The Bertz CT molecular complexity index is 285. The second kappa shape index (κ2) is 7.05. The van der Waals surface area contributed by atoms with Gasteiger partial charge < -0.3 is 4.74 Å². The number of nitriles is 1. The molecule has 0 atom stereocenters. The lowest BCUT2D eigenvalue weighted by molar-refractivity contribution is -0.138. The van der Waals surface area contributed by atoms with Crippen molar-refractivity contribution >= 4 is 5.97 Å². The van der Waals surface area contributed by atoms with E-state index >= 15 is 0 Å². The normalized spacial score (nSPS) is 16.4. The summed E-state index contributed by atoms with van der Waals surface area (Å²) in [5.41, 5.74) is -0.113. The van der Waals surface area contributed by atoms with Gasteiger partial charge >= 0.3 is 5.97 Å². The molecule has 0 N–H and O–H groups in total. The van der Waals surface area contributed by atoms with Crippen LogP contribution >= 0.6 is 0 Å². The van der Waals surface area contributed by atoms with E-state index in [1.807, 2.05) is 0 Å². The Morgan fingerprint density at radius 3 is 2.69 bits per heavy atom. The molecule has 16 heavy (non-hydrogen) atoms. The fourth-order valence-electron chi connectivity index (χ4n) is 2.15.